The van der Waals surface area contributed by atoms with Crippen molar-refractivity contribution in [1.82, 2.24) is 15.2 Å². The minimum absolute atomic E-state index is 0.311. The molecule has 0 fully saturated rings. The Kier molecular flexibility index (Phi) is 7.56. The molecule has 41 heavy (non-hydrogen) atoms. The molecule has 0 aliphatic carbocycles. The fourth-order valence-corrected chi connectivity index (χ4v) is 4.63. The molecule has 0 aliphatic heterocycles. The summed E-state index contributed by atoms with van der Waals surface area (Å²) in [6, 6.07) is 38.7. The second-order valence-electron chi connectivity index (χ2n) is 9.38. The highest BCUT2D eigenvalue weighted by molar-refractivity contribution is 6.30. The van der Waals surface area contributed by atoms with Gasteiger partial charge in [-0.15, -0.1) is 0 Å². The fraction of sp³-hybridized carbons (Fsp3) is 0.0294. The minimum atomic E-state index is -0.311. The number of carbonyl (C=O) groups excluding carboxylic acids is 1. The van der Waals surface area contributed by atoms with Gasteiger partial charge >= 0.3 is 0 Å². The Balaban J connectivity index is 1.19. The van der Waals surface area contributed by atoms with Crippen molar-refractivity contribution in [1.29, 1.82) is 0 Å². The zero-order chi connectivity index (χ0) is 28.0. The van der Waals surface area contributed by atoms with E-state index in [1.165, 1.54) is 0 Å². The van der Waals surface area contributed by atoms with E-state index in [0.29, 0.717) is 17.2 Å². The normalized spacial score (nSPS) is 11.1. The van der Waals surface area contributed by atoms with Gasteiger partial charge in [-0.2, -0.15) is 10.2 Å². The molecule has 1 aromatic heterocycles. The van der Waals surface area contributed by atoms with Crippen LogP contribution in [0, 0.1) is 0 Å². The number of amides is 1. The summed E-state index contributed by atoms with van der Waals surface area (Å²) in [6.45, 7) is 0.380. The van der Waals surface area contributed by atoms with Gasteiger partial charge in [-0.05, 0) is 53.4 Å². The van der Waals surface area contributed by atoms with Gasteiger partial charge in [0.25, 0.3) is 5.91 Å². The second-order valence-corrected chi connectivity index (χ2v) is 9.82. The number of hydrazone groups is 1. The van der Waals surface area contributed by atoms with Gasteiger partial charge in [-0.25, -0.2) is 10.1 Å². The third-order valence-corrected chi connectivity index (χ3v) is 6.86. The predicted octanol–water partition coefficient (Wildman–Crippen LogP) is 7.69. The summed E-state index contributed by atoms with van der Waals surface area (Å²) in [5.74, 6) is 0.415. The summed E-state index contributed by atoms with van der Waals surface area (Å²) in [7, 11) is 0. The van der Waals surface area contributed by atoms with Gasteiger partial charge in [-0.1, -0.05) is 90.5 Å². The molecule has 0 atom stereocenters. The number of aromatic nitrogens is 2. The van der Waals surface area contributed by atoms with E-state index in [4.69, 9.17) is 21.4 Å². The van der Waals surface area contributed by atoms with Crippen molar-refractivity contribution in [3.63, 3.8) is 0 Å². The van der Waals surface area contributed by atoms with E-state index in [1.807, 2.05) is 89.7 Å². The number of halogens is 1. The van der Waals surface area contributed by atoms with E-state index < -0.39 is 0 Å². The maximum atomic E-state index is 12.8. The SMILES string of the molecule is O=C(NN=Cc1cn(-c2cccc3ccccc23)nc1-c1ccccc1)c1ccc(COc2ccc(Cl)cc2)cc1. The molecule has 1 heterocycles. The highest BCUT2D eigenvalue weighted by Crippen LogP contribution is 2.26. The van der Waals surface area contributed by atoms with Gasteiger partial charge in [0.15, 0.2) is 0 Å². The van der Waals surface area contributed by atoms with Crippen LogP contribution in [-0.2, 0) is 6.61 Å². The average Bonchev–Trinajstić information content (AvgIpc) is 3.45. The molecule has 0 aliphatic rings. The first kappa shape index (κ1) is 26.0. The molecule has 6 aromatic rings. The molecule has 6 nitrogen and oxygen atoms in total. The Hall–Kier alpha value is -5.20. The van der Waals surface area contributed by atoms with Gasteiger partial charge < -0.3 is 4.74 Å². The molecule has 0 saturated carbocycles. The summed E-state index contributed by atoms with van der Waals surface area (Å²) in [5.41, 5.74) is 7.53. The molecule has 1 N–H and O–H groups in total. The van der Waals surface area contributed by atoms with Gasteiger partial charge in [0.1, 0.15) is 18.1 Å². The highest BCUT2D eigenvalue weighted by Gasteiger charge is 2.13. The van der Waals surface area contributed by atoms with Crippen molar-refractivity contribution < 1.29 is 9.53 Å². The number of carbonyl (C=O) groups is 1. The quantitative estimate of drug-likeness (QED) is 0.154. The maximum absolute atomic E-state index is 12.8. The van der Waals surface area contributed by atoms with Crippen molar-refractivity contribution in [2.75, 3.05) is 0 Å². The summed E-state index contributed by atoms with van der Waals surface area (Å²) >= 11 is 5.92. The Morgan fingerprint density at radius 1 is 0.854 bits per heavy atom. The summed E-state index contributed by atoms with van der Waals surface area (Å²) in [6.07, 6.45) is 3.55. The van der Waals surface area contributed by atoms with Gasteiger partial charge in [0, 0.05) is 33.3 Å². The van der Waals surface area contributed by atoms with Crippen LogP contribution in [-0.4, -0.2) is 21.9 Å². The molecule has 0 bridgehead atoms. The number of nitrogens with one attached hydrogen (secondary N) is 1. The van der Waals surface area contributed by atoms with Crippen molar-refractivity contribution in [3.05, 3.63) is 149 Å². The first-order chi connectivity index (χ1) is 20.1. The summed E-state index contributed by atoms with van der Waals surface area (Å²) in [4.78, 5) is 12.8. The summed E-state index contributed by atoms with van der Waals surface area (Å²) in [5, 5.41) is 12.1. The first-order valence-electron chi connectivity index (χ1n) is 13.1. The van der Waals surface area contributed by atoms with Crippen LogP contribution in [0.15, 0.2) is 133 Å². The Bertz CT molecular complexity index is 1820. The van der Waals surface area contributed by atoms with Crippen LogP contribution in [0.5, 0.6) is 5.75 Å². The lowest BCUT2D eigenvalue weighted by molar-refractivity contribution is 0.0955. The zero-order valence-electron chi connectivity index (χ0n) is 21.9. The molecule has 0 saturated heterocycles. The summed E-state index contributed by atoms with van der Waals surface area (Å²) < 4.78 is 7.64. The molecule has 6 rings (SSSR count). The largest absolute Gasteiger partial charge is 0.489 e. The molecule has 0 spiro atoms. The molecule has 7 heteroatoms. The van der Waals surface area contributed by atoms with E-state index in [1.54, 1.807) is 30.5 Å². The van der Waals surface area contributed by atoms with Crippen LogP contribution in [0.25, 0.3) is 27.7 Å². The van der Waals surface area contributed by atoms with Crippen molar-refractivity contribution >= 4 is 34.5 Å². The number of benzene rings is 5. The second kappa shape index (κ2) is 11.9. The molecule has 0 unspecified atom stereocenters. The van der Waals surface area contributed by atoms with Crippen LogP contribution in [0.2, 0.25) is 5.02 Å². The van der Waals surface area contributed by atoms with Crippen molar-refractivity contribution in [2.24, 2.45) is 5.10 Å². The molecule has 0 radical (unpaired) electrons. The number of ether oxygens (including phenoxy) is 1. The Labute approximate surface area is 242 Å². The van der Waals surface area contributed by atoms with Crippen molar-refractivity contribution in [2.45, 2.75) is 6.61 Å². The minimum Gasteiger partial charge on any atom is -0.489 e. The molecular weight excluding hydrogens is 532 g/mol. The number of rotatable bonds is 8. The number of hydrogen-bond acceptors (Lipinski definition) is 4. The lowest BCUT2D eigenvalue weighted by atomic mass is 10.1. The van der Waals surface area contributed by atoms with Gasteiger partial charge in [0.05, 0.1) is 11.9 Å². The molecule has 5 aromatic carbocycles. The van der Waals surface area contributed by atoms with Crippen LogP contribution in [0.3, 0.4) is 0 Å². The standard InChI is InChI=1S/C34H25ClN4O2/c35-29-17-19-30(20-18-29)41-23-24-13-15-27(16-14-24)34(40)37-36-21-28-22-39(38-33(28)26-8-2-1-3-9-26)32-12-6-10-25-7-4-5-11-31(25)32/h1-22H,23H2,(H,37,40). The van der Waals surface area contributed by atoms with E-state index in [9.17, 15) is 4.79 Å². The lowest BCUT2D eigenvalue weighted by Gasteiger charge is -2.07. The molecule has 200 valence electrons. The van der Waals surface area contributed by atoms with E-state index in [-0.39, 0.29) is 5.91 Å². The average molecular weight is 557 g/mol. The first-order valence-corrected chi connectivity index (χ1v) is 13.5. The smallest absolute Gasteiger partial charge is 0.271 e. The third-order valence-electron chi connectivity index (χ3n) is 6.61. The molecular formula is C34H25ClN4O2. The van der Waals surface area contributed by atoms with E-state index in [2.05, 4.69) is 28.7 Å². The highest BCUT2D eigenvalue weighted by atomic mass is 35.5. The topological polar surface area (TPSA) is 68.5 Å². The van der Waals surface area contributed by atoms with Gasteiger partial charge in [-0.3, -0.25) is 4.79 Å². The Morgan fingerprint density at radius 2 is 1.59 bits per heavy atom. The van der Waals surface area contributed by atoms with Crippen LogP contribution < -0.4 is 10.2 Å². The number of hydrogen-bond donors (Lipinski definition) is 1. The fourth-order valence-electron chi connectivity index (χ4n) is 4.51. The van der Waals surface area contributed by atoms with Crippen molar-refractivity contribution in [3.8, 4) is 22.7 Å². The molecule has 1 amide bonds. The maximum Gasteiger partial charge on any atom is 0.271 e. The van der Waals surface area contributed by atoms with Gasteiger partial charge in [0.2, 0.25) is 0 Å². The van der Waals surface area contributed by atoms with Crippen LogP contribution >= 0.6 is 11.6 Å². The number of fused-ring (bicyclic) bond motifs is 1. The predicted molar refractivity (Wildman–Crippen MR) is 164 cm³/mol. The Morgan fingerprint density at radius 3 is 2.39 bits per heavy atom. The van der Waals surface area contributed by atoms with E-state index >= 15 is 0 Å². The third kappa shape index (κ3) is 6.03. The number of nitrogens with zero attached hydrogens (tertiary/aromatic N) is 3. The monoisotopic (exact) mass is 556 g/mol. The zero-order valence-corrected chi connectivity index (χ0v) is 22.7. The van der Waals surface area contributed by atoms with Crippen LogP contribution in [0.4, 0.5) is 0 Å². The van der Waals surface area contributed by atoms with E-state index in [0.717, 1.165) is 44.6 Å². The van der Waals surface area contributed by atoms with Crippen LogP contribution in [0.1, 0.15) is 21.5 Å². The lowest BCUT2D eigenvalue weighted by Crippen LogP contribution is -2.17.